The van der Waals surface area contributed by atoms with Crippen molar-refractivity contribution in [3.05, 3.63) is 164 Å². The van der Waals surface area contributed by atoms with E-state index < -0.39 is 12.0 Å². The number of hydrogen-bond acceptors (Lipinski definition) is 9. The fraction of sp³-hybridized carbons (Fsp3) is 0.184. The number of fused-ring (bicyclic) bond motifs is 2. The van der Waals surface area contributed by atoms with Crippen LogP contribution in [0.25, 0.3) is 21.8 Å². The number of nitrogens with two attached hydrogens (primary N) is 1. The second-order valence-corrected chi connectivity index (χ2v) is 14.8. The minimum absolute atomic E-state index is 0.0474. The molecule has 5 aromatic carbocycles. The largest absolute Gasteiger partial charge is 0.506 e. The van der Waals surface area contributed by atoms with Crippen LogP contribution in [0, 0.1) is 25.7 Å². The number of hydrogen-bond donors (Lipinski definition) is 7. The number of nitrogens with zero attached hydrogens (tertiary/aromatic N) is 1. The highest BCUT2D eigenvalue weighted by Gasteiger charge is 2.18. The number of amides is 2. The van der Waals surface area contributed by atoms with Crippen molar-refractivity contribution in [2.75, 3.05) is 30.8 Å². The number of nitrogens with one attached hydrogen (secondary N) is 4. The van der Waals surface area contributed by atoms with Crippen LogP contribution in [-0.4, -0.2) is 52.2 Å². The number of aromatic amines is 1. The molecular weight excluding hydrogens is 769 g/mol. The normalized spacial score (nSPS) is 11.5. The topological polar surface area (TPSA) is 192 Å². The van der Waals surface area contributed by atoms with Gasteiger partial charge >= 0.3 is 0 Å². The number of aryl methyl sites for hydroxylation is 2. The number of aromatic hydroxyl groups is 1. The number of phenols is 1. The third kappa shape index (κ3) is 9.88. The Morgan fingerprint density at radius 1 is 0.918 bits per heavy atom. The molecule has 0 fully saturated rings. The number of unbranched alkanes of at least 4 members (excludes halogenated alkanes) is 1. The Kier molecular flexibility index (Phi) is 12.7. The van der Waals surface area contributed by atoms with Crippen molar-refractivity contribution in [3.8, 4) is 23.3 Å². The van der Waals surface area contributed by atoms with Crippen molar-refractivity contribution >= 4 is 50.7 Å². The summed E-state index contributed by atoms with van der Waals surface area (Å²) in [4.78, 5) is 44.9. The molecule has 12 heteroatoms. The number of aromatic nitrogens is 2. The van der Waals surface area contributed by atoms with Crippen LogP contribution in [-0.2, 0) is 6.42 Å². The number of benzene rings is 5. The third-order valence-corrected chi connectivity index (χ3v) is 10.4. The summed E-state index contributed by atoms with van der Waals surface area (Å²) >= 11 is 0. The summed E-state index contributed by atoms with van der Waals surface area (Å²) in [6.45, 7) is 4.85. The zero-order valence-electron chi connectivity index (χ0n) is 34.1. The highest BCUT2D eigenvalue weighted by molar-refractivity contribution is 6.08. The number of anilines is 3. The molecule has 0 radical (unpaired) electrons. The van der Waals surface area contributed by atoms with E-state index in [1.54, 1.807) is 25.3 Å². The van der Waals surface area contributed by atoms with Crippen molar-refractivity contribution in [2.24, 2.45) is 5.73 Å². The summed E-state index contributed by atoms with van der Waals surface area (Å²) in [7, 11) is 1.59. The summed E-state index contributed by atoms with van der Waals surface area (Å²) in [5, 5.41) is 31.9. The van der Waals surface area contributed by atoms with E-state index in [1.807, 2.05) is 80.6 Å². The molecule has 2 aromatic heterocycles. The number of ether oxygens (including phenoxy) is 1. The minimum atomic E-state index is -0.826. The van der Waals surface area contributed by atoms with E-state index in [9.17, 15) is 24.6 Å². The van der Waals surface area contributed by atoms with Gasteiger partial charge in [0.1, 0.15) is 11.5 Å². The molecule has 2 amide bonds. The van der Waals surface area contributed by atoms with Crippen LogP contribution < -0.4 is 32.0 Å². The van der Waals surface area contributed by atoms with Gasteiger partial charge in [-0.1, -0.05) is 42.2 Å². The minimum Gasteiger partial charge on any atom is -0.506 e. The van der Waals surface area contributed by atoms with E-state index in [4.69, 9.17) is 10.5 Å². The van der Waals surface area contributed by atoms with E-state index in [-0.39, 0.29) is 22.8 Å². The molecule has 308 valence electrons. The van der Waals surface area contributed by atoms with Crippen molar-refractivity contribution in [1.82, 2.24) is 15.3 Å². The SMILES string of the molecule is COc1cccc(Nc2c(C(N)=O)cnc3c(C)cc(Cc4cccc(C(=O)Nc5ccc(C#CCCCNC[C@H](O)c6ccc(O)c7[nH]c(=O)ccc67)cc5C)c4)cc23)c1. The van der Waals surface area contributed by atoms with Gasteiger partial charge in [0.05, 0.1) is 35.5 Å². The lowest BCUT2D eigenvalue weighted by atomic mass is 9.97. The maximum atomic E-state index is 13.5. The molecule has 0 spiro atoms. The monoisotopic (exact) mass is 814 g/mol. The van der Waals surface area contributed by atoms with Gasteiger partial charge in [0.2, 0.25) is 5.56 Å². The molecule has 7 rings (SSSR count). The lowest BCUT2D eigenvalue weighted by Crippen LogP contribution is -2.22. The number of carbonyl (C=O) groups is 2. The van der Waals surface area contributed by atoms with Gasteiger partial charge in [-0.3, -0.25) is 19.4 Å². The number of H-pyrrole nitrogens is 1. The van der Waals surface area contributed by atoms with Crippen molar-refractivity contribution in [1.29, 1.82) is 0 Å². The second kappa shape index (κ2) is 18.6. The molecule has 0 aliphatic heterocycles. The molecule has 7 aromatic rings. The molecule has 0 aliphatic carbocycles. The molecule has 0 unspecified atom stereocenters. The molecule has 61 heavy (non-hydrogen) atoms. The lowest BCUT2D eigenvalue weighted by molar-refractivity contribution is 0.0998. The summed E-state index contributed by atoms with van der Waals surface area (Å²) < 4.78 is 5.39. The summed E-state index contributed by atoms with van der Waals surface area (Å²) in [5.74, 6) is 6.19. The Bertz CT molecular complexity index is 2910. The smallest absolute Gasteiger partial charge is 0.255 e. The van der Waals surface area contributed by atoms with Gasteiger partial charge in [0, 0.05) is 64.6 Å². The number of primary amides is 1. The van der Waals surface area contributed by atoms with Crippen molar-refractivity contribution in [2.45, 2.75) is 39.2 Å². The number of methoxy groups -OCH3 is 1. The van der Waals surface area contributed by atoms with Gasteiger partial charge in [-0.2, -0.15) is 0 Å². The third-order valence-electron chi connectivity index (χ3n) is 10.4. The fourth-order valence-corrected chi connectivity index (χ4v) is 7.32. The van der Waals surface area contributed by atoms with E-state index in [0.717, 1.165) is 50.8 Å². The first kappa shape index (κ1) is 41.7. The van der Waals surface area contributed by atoms with Gasteiger partial charge in [0.15, 0.2) is 0 Å². The average molecular weight is 815 g/mol. The van der Waals surface area contributed by atoms with Crippen LogP contribution in [0.3, 0.4) is 0 Å². The maximum Gasteiger partial charge on any atom is 0.255 e. The molecule has 12 nitrogen and oxygen atoms in total. The van der Waals surface area contributed by atoms with Crippen molar-refractivity contribution < 1.29 is 24.5 Å². The second-order valence-electron chi connectivity index (χ2n) is 14.8. The summed E-state index contributed by atoms with van der Waals surface area (Å²) in [5.41, 5.74) is 14.5. The number of phenolic OH excluding ortho intramolecular Hbond substituents is 1. The number of aliphatic hydroxyl groups is 1. The maximum absolute atomic E-state index is 13.5. The Morgan fingerprint density at radius 2 is 1.75 bits per heavy atom. The van der Waals surface area contributed by atoms with Gasteiger partial charge in [-0.25, -0.2) is 0 Å². The van der Waals surface area contributed by atoms with E-state index in [1.165, 1.54) is 18.3 Å². The number of aliphatic hydroxyl groups excluding tert-OH is 1. The molecule has 0 aliphatic rings. The zero-order chi connectivity index (χ0) is 43.0. The Hall–Kier alpha value is -7.46. The van der Waals surface area contributed by atoms with E-state index in [0.29, 0.717) is 65.1 Å². The van der Waals surface area contributed by atoms with Crippen LogP contribution in [0.2, 0.25) is 0 Å². The van der Waals surface area contributed by atoms with Crippen molar-refractivity contribution in [3.63, 3.8) is 0 Å². The molecular formula is C49H46N6O6. The van der Waals surface area contributed by atoms with Crippen LogP contribution in [0.1, 0.15) is 73.0 Å². The Morgan fingerprint density at radius 3 is 2.56 bits per heavy atom. The first-order valence-electron chi connectivity index (χ1n) is 19.8. The quantitative estimate of drug-likeness (QED) is 0.0429. The highest BCUT2D eigenvalue weighted by Crippen LogP contribution is 2.33. The summed E-state index contributed by atoms with van der Waals surface area (Å²) in [6, 6.07) is 30.8. The van der Waals surface area contributed by atoms with Crippen LogP contribution >= 0.6 is 0 Å². The summed E-state index contributed by atoms with van der Waals surface area (Å²) in [6.07, 6.45) is 2.62. The average Bonchev–Trinajstić information content (AvgIpc) is 3.24. The molecule has 0 bridgehead atoms. The first-order valence-corrected chi connectivity index (χ1v) is 19.8. The first-order chi connectivity index (χ1) is 29.5. The van der Waals surface area contributed by atoms with Crippen LogP contribution in [0.15, 0.2) is 114 Å². The lowest BCUT2D eigenvalue weighted by Gasteiger charge is -2.16. The van der Waals surface area contributed by atoms with E-state index in [2.05, 4.69) is 43.8 Å². The van der Waals surface area contributed by atoms with Crippen LogP contribution in [0.5, 0.6) is 11.5 Å². The molecule has 0 saturated heterocycles. The Balaban J connectivity index is 0.955. The predicted octanol–water partition coefficient (Wildman–Crippen LogP) is 7.55. The molecule has 1 atom stereocenters. The number of rotatable bonds is 14. The molecule has 2 heterocycles. The zero-order valence-corrected chi connectivity index (χ0v) is 34.1. The fourth-order valence-electron chi connectivity index (χ4n) is 7.32. The van der Waals surface area contributed by atoms with Gasteiger partial charge in [0.25, 0.3) is 11.8 Å². The van der Waals surface area contributed by atoms with Gasteiger partial charge < -0.3 is 41.6 Å². The van der Waals surface area contributed by atoms with Crippen LogP contribution in [0.4, 0.5) is 17.1 Å². The number of carbonyl (C=O) groups excluding carboxylic acids is 2. The van der Waals surface area contributed by atoms with Gasteiger partial charge in [-0.15, -0.1) is 0 Å². The Labute approximate surface area is 352 Å². The predicted molar refractivity (Wildman–Crippen MR) is 240 cm³/mol. The molecule has 8 N–H and O–H groups in total. The van der Waals surface area contributed by atoms with Gasteiger partial charge in [-0.05, 0) is 122 Å². The number of pyridine rings is 2. The standard InChI is InChI=1S/C49H46N6O6/c1-29-21-31(9-5-4-6-20-51-28-43(57)37-15-18-42(56)47-38(37)16-19-44(58)55-47)14-17-41(29)54-49(60)34-11-7-10-32(24-34)23-33-22-30(2)45-39(25-33)46(40(27-52-45)48(50)59)53-35-12-8-13-36(26-35)61-3/h7-8,10-19,21-22,24-27,43,51,56-57H,4,6,20,23,28H2,1-3H3,(H2,50,59)(H,52,53)(H,54,60)(H,55,58)/t43-/m0/s1. The van der Waals surface area contributed by atoms with E-state index >= 15 is 0 Å². The molecule has 0 saturated carbocycles. The highest BCUT2D eigenvalue weighted by atomic mass is 16.5.